The van der Waals surface area contributed by atoms with Crippen molar-refractivity contribution in [3.05, 3.63) is 45.5 Å². The molecule has 0 saturated heterocycles. The SMILES string of the molecule is O=[N+]([O-])OCc1ccc(CC2CCCC2)cc1. The summed E-state index contributed by atoms with van der Waals surface area (Å²) in [6.45, 7) is 0.0384. The second-order valence-electron chi connectivity index (χ2n) is 4.67. The molecular formula is C13H17NO3. The maximum Gasteiger partial charge on any atom is 0.294 e. The molecule has 0 spiro atoms. The van der Waals surface area contributed by atoms with E-state index in [9.17, 15) is 10.1 Å². The smallest absolute Gasteiger partial charge is 0.294 e. The Morgan fingerprint density at radius 3 is 2.35 bits per heavy atom. The molecule has 1 aromatic carbocycles. The van der Waals surface area contributed by atoms with Crippen LogP contribution >= 0.6 is 0 Å². The van der Waals surface area contributed by atoms with Crippen molar-refractivity contribution in [1.82, 2.24) is 0 Å². The molecule has 17 heavy (non-hydrogen) atoms. The van der Waals surface area contributed by atoms with Crippen LogP contribution in [0, 0.1) is 16.0 Å². The van der Waals surface area contributed by atoms with Gasteiger partial charge in [-0.05, 0) is 23.5 Å². The summed E-state index contributed by atoms with van der Waals surface area (Å²) in [5.74, 6) is 0.830. The Bertz CT molecular complexity index is 369. The average molecular weight is 235 g/mol. The van der Waals surface area contributed by atoms with E-state index in [1.54, 1.807) is 0 Å². The lowest BCUT2D eigenvalue weighted by Crippen LogP contribution is -2.01. The van der Waals surface area contributed by atoms with E-state index in [2.05, 4.69) is 17.0 Å². The Kier molecular flexibility index (Phi) is 3.96. The van der Waals surface area contributed by atoms with Crippen LogP contribution in [0.5, 0.6) is 0 Å². The standard InChI is InChI=1S/C13H17NO3/c15-14(16)17-10-13-7-5-12(6-8-13)9-11-3-1-2-4-11/h5-8,11H,1-4,9-10H2. The predicted octanol–water partition coefficient (Wildman–Crippen LogP) is 3.13. The van der Waals surface area contributed by atoms with Crippen LogP contribution < -0.4 is 0 Å². The predicted molar refractivity (Wildman–Crippen MR) is 63.9 cm³/mol. The summed E-state index contributed by atoms with van der Waals surface area (Å²) in [6, 6.07) is 7.93. The first-order chi connectivity index (χ1) is 8.24. The van der Waals surface area contributed by atoms with Gasteiger partial charge in [0.1, 0.15) is 6.61 Å². The van der Waals surface area contributed by atoms with E-state index in [1.165, 1.54) is 31.2 Å². The van der Waals surface area contributed by atoms with E-state index in [0.717, 1.165) is 17.9 Å². The van der Waals surface area contributed by atoms with Crippen LogP contribution in [-0.2, 0) is 17.9 Å². The van der Waals surface area contributed by atoms with Crippen LogP contribution in [-0.4, -0.2) is 5.09 Å². The first-order valence-electron chi connectivity index (χ1n) is 6.09. The summed E-state index contributed by atoms with van der Waals surface area (Å²) in [5, 5.41) is 9.30. The van der Waals surface area contributed by atoms with Gasteiger partial charge in [0, 0.05) is 0 Å². The highest BCUT2D eigenvalue weighted by Gasteiger charge is 2.15. The van der Waals surface area contributed by atoms with Gasteiger partial charge in [-0.3, -0.25) is 0 Å². The van der Waals surface area contributed by atoms with Gasteiger partial charge in [-0.15, -0.1) is 10.1 Å². The summed E-state index contributed by atoms with van der Waals surface area (Å²) < 4.78 is 0. The third kappa shape index (κ3) is 3.73. The van der Waals surface area contributed by atoms with Crippen LogP contribution in [0.2, 0.25) is 0 Å². The molecule has 0 atom stereocenters. The number of rotatable bonds is 5. The van der Waals surface area contributed by atoms with E-state index in [-0.39, 0.29) is 6.61 Å². The molecule has 0 amide bonds. The summed E-state index contributed by atoms with van der Waals surface area (Å²) in [6.07, 6.45) is 6.54. The zero-order chi connectivity index (χ0) is 12.1. The Labute approximate surface area is 101 Å². The van der Waals surface area contributed by atoms with Crippen LogP contribution in [0.3, 0.4) is 0 Å². The van der Waals surface area contributed by atoms with Crippen molar-refractivity contribution < 1.29 is 9.92 Å². The molecule has 0 radical (unpaired) electrons. The zero-order valence-electron chi connectivity index (χ0n) is 9.80. The van der Waals surface area contributed by atoms with E-state index >= 15 is 0 Å². The Morgan fingerprint density at radius 2 is 1.76 bits per heavy atom. The molecule has 0 aromatic heterocycles. The summed E-state index contributed by atoms with van der Waals surface area (Å²) in [7, 11) is 0. The molecule has 1 fully saturated rings. The molecule has 1 aliphatic carbocycles. The van der Waals surface area contributed by atoms with Crippen molar-refractivity contribution in [3.63, 3.8) is 0 Å². The fourth-order valence-electron chi connectivity index (χ4n) is 2.45. The molecule has 1 aliphatic rings. The van der Waals surface area contributed by atoms with Gasteiger partial charge < -0.3 is 4.84 Å². The minimum Gasteiger partial charge on any atom is -0.309 e. The van der Waals surface area contributed by atoms with Crippen molar-refractivity contribution in [2.45, 2.75) is 38.7 Å². The van der Waals surface area contributed by atoms with E-state index in [4.69, 9.17) is 0 Å². The maximum absolute atomic E-state index is 10.1. The van der Waals surface area contributed by atoms with Crippen LogP contribution in [0.4, 0.5) is 0 Å². The van der Waals surface area contributed by atoms with Gasteiger partial charge in [-0.1, -0.05) is 49.9 Å². The second kappa shape index (κ2) is 5.66. The minimum absolute atomic E-state index is 0.0384. The number of benzene rings is 1. The van der Waals surface area contributed by atoms with Gasteiger partial charge >= 0.3 is 0 Å². The van der Waals surface area contributed by atoms with E-state index in [1.807, 2.05) is 12.1 Å². The molecule has 0 bridgehead atoms. The second-order valence-corrected chi connectivity index (χ2v) is 4.67. The summed E-state index contributed by atoms with van der Waals surface area (Å²) >= 11 is 0. The maximum atomic E-state index is 10.1. The van der Waals surface area contributed by atoms with E-state index < -0.39 is 5.09 Å². The van der Waals surface area contributed by atoms with Crippen molar-refractivity contribution in [1.29, 1.82) is 0 Å². The quantitative estimate of drug-likeness (QED) is 0.582. The zero-order valence-corrected chi connectivity index (χ0v) is 9.80. The van der Waals surface area contributed by atoms with Gasteiger partial charge in [0.2, 0.25) is 0 Å². The fraction of sp³-hybridized carbons (Fsp3) is 0.538. The lowest BCUT2D eigenvalue weighted by molar-refractivity contribution is -0.763. The highest BCUT2D eigenvalue weighted by molar-refractivity contribution is 5.22. The number of hydrogen-bond acceptors (Lipinski definition) is 3. The van der Waals surface area contributed by atoms with Gasteiger partial charge in [0.05, 0.1) is 0 Å². The van der Waals surface area contributed by atoms with Gasteiger partial charge in [-0.25, -0.2) is 0 Å². The van der Waals surface area contributed by atoms with Crippen LogP contribution in [0.25, 0.3) is 0 Å². The molecule has 1 saturated carbocycles. The van der Waals surface area contributed by atoms with Gasteiger partial charge in [-0.2, -0.15) is 0 Å². The van der Waals surface area contributed by atoms with Crippen LogP contribution in [0.1, 0.15) is 36.8 Å². The average Bonchev–Trinajstić information content (AvgIpc) is 2.81. The topological polar surface area (TPSA) is 52.4 Å². The van der Waals surface area contributed by atoms with Crippen molar-refractivity contribution in [2.75, 3.05) is 0 Å². The lowest BCUT2D eigenvalue weighted by Gasteiger charge is -2.09. The van der Waals surface area contributed by atoms with Gasteiger partial charge in [0.25, 0.3) is 5.09 Å². The van der Waals surface area contributed by atoms with Crippen molar-refractivity contribution in [3.8, 4) is 0 Å². The molecule has 0 aliphatic heterocycles. The Balaban J connectivity index is 1.86. The fourth-order valence-corrected chi connectivity index (χ4v) is 2.45. The first-order valence-corrected chi connectivity index (χ1v) is 6.09. The molecule has 2 rings (SSSR count). The number of hydrogen-bond donors (Lipinski definition) is 0. The molecule has 0 N–H and O–H groups in total. The third-order valence-electron chi connectivity index (χ3n) is 3.36. The molecule has 0 heterocycles. The highest BCUT2D eigenvalue weighted by atomic mass is 16.9. The normalized spacial score (nSPS) is 16.0. The summed E-state index contributed by atoms with van der Waals surface area (Å²) in [4.78, 5) is 14.4. The molecule has 1 aromatic rings. The molecule has 4 nitrogen and oxygen atoms in total. The van der Waals surface area contributed by atoms with Crippen molar-refractivity contribution >= 4 is 0 Å². The molecule has 92 valence electrons. The largest absolute Gasteiger partial charge is 0.309 e. The van der Waals surface area contributed by atoms with Crippen LogP contribution in [0.15, 0.2) is 24.3 Å². The third-order valence-corrected chi connectivity index (χ3v) is 3.36. The molecular weight excluding hydrogens is 218 g/mol. The lowest BCUT2D eigenvalue weighted by atomic mass is 9.97. The minimum atomic E-state index is -0.758. The number of nitrogens with zero attached hydrogens (tertiary/aromatic N) is 1. The summed E-state index contributed by atoms with van der Waals surface area (Å²) in [5.41, 5.74) is 2.17. The molecule has 0 unspecified atom stereocenters. The van der Waals surface area contributed by atoms with E-state index in [0.29, 0.717) is 0 Å². The molecule has 4 heteroatoms. The Hall–Kier alpha value is -1.58. The first kappa shape index (κ1) is 11.9. The van der Waals surface area contributed by atoms with Gasteiger partial charge in [0.15, 0.2) is 0 Å². The highest BCUT2D eigenvalue weighted by Crippen LogP contribution is 2.27. The van der Waals surface area contributed by atoms with Crippen molar-refractivity contribution in [2.24, 2.45) is 5.92 Å². The monoisotopic (exact) mass is 235 g/mol. The Morgan fingerprint density at radius 1 is 1.18 bits per heavy atom.